The van der Waals surface area contributed by atoms with Crippen molar-refractivity contribution in [1.82, 2.24) is 4.90 Å². The SMILES string of the molecule is CC(C)(C)OC(=O)N1CC[C@@H](OC2CCCCCC2)[C@@H](F)C1. The number of alkyl halides is 1. The van der Waals surface area contributed by atoms with E-state index in [4.69, 9.17) is 9.47 Å². The van der Waals surface area contributed by atoms with Crippen molar-refractivity contribution in [3.63, 3.8) is 0 Å². The van der Waals surface area contributed by atoms with Crippen LogP contribution in [0.5, 0.6) is 0 Å². The number of hydrogen-bond donors (Lipinski definition) is 0. The normalized spacial score (nSPS) is 28.3. The van der Waals surface area contributed by atoms with Crippen LogP contribution in [0.15, 0.2) is 0 Å². The summed E-state index contributed by atoms with van der Waals surface area (Å²) in [6.07, 6.45) is 5.78. The highest BCUT2D eigenvalue weighted by atomic mass is 19.1. The van der Waals surface area contributed by atoms with E-state index >= 15 is 0 Å². The number of halogens is 1. The highest BCUT2D eigenvalue weighted by molar-refractivity contribution is 5.68. The number of likely N-dealkylation sites (tertiary alicyclic amines) is 1. The molecule has 2 aliphatic rings. The Balaban J connectivity index is 1.80. The topological polar surface area (TPSA) is 38.8 Å². The average molecular weight is 315 g/mol. The molecule has 2 fully saturated rings. The number of hydrogen-bond acceptors (Lipinski definition) is 3. The van der Waals surface area contributed by atoms with Crippen molar-refractivity contribution in [3.05, 3.63) is 0 Å². The van der Waals surface area contributed by atoms with E-state index in [1.54, 1.807) is 0 Å². The lowest BCUT2D eigenvalue weighted by Gasteiger charge is -2.36. The number of carbonyl (C=O) groups is 1. The molecule has 2 rings (SSSR count). The van der Waals surface area contributed by atoms with Gasteiger partial charge in [0.25, 0.3) is 0 Å². The number of rotatable bonds is 2. The molecule has 0 spiro atoms. The molecular weight excluding hydrogens is 285 g/mol. The summed E-state index contributed by atoms with van der Waals surface area (Å²) in [5.41, 5.74) is -0.545. The second-order valence-electron chi connectivity index (χ2n) is 7.52. The fraction of sp³-hybridized carbons (Fsp3) is 0.941. The lowest BCUT2D eigenvalue weighted by atomic mass is 10.0. The molecule has 0 N–H and O–H groups in total. The van der Waals surface area contributed by atoms with E-state index in [1.807, 2.05) is 20.8 Å². The van der Waals surface area contributed by atoms with Crippen molar-refractivity contribution in [1.29, 1.82) is 0 Å². The molecule has 1 saturated carbocycles. The van der Waals surface area contributed by atoms with Gasteiger partial charge < -0.3 is 14.4 Å². The van der Waals surface area contributed by atoms with Gasteiger partial charge in [0, 0.05) is 6.54 Å². The van der Waals surface area contributed by atoms with Crippen LogP contribution in [0, 0.1) is 0 Å². The summed E-state index contributed by atoms with van der Waals surface area (Å²) in [5, 5.41) is 0. The van der Waals surface area contributed by atoms with Gasteiger partial charge in [0.15, 0.2) is 0 Å². The van der Waals surface area contributed by atoms with Gasteiger partial charge in [-0.1, -0.05) is 25.7 Å². The molecule has 1 amide bonds. The maximum Gasteiger partial charge on any atom is 0.410 e. The van der Waals surface area contributed by atoms with Gasteiger partial charge in [-0.2, -0.15) is 0 Å². The summed E-state index contributed by atoms with van der Waals surface area (Å²) in [5.74, 6) is 0. The third-order valence-corrected chi connectivity index (χ3v) is 4.30. The van der Waals surface area contributed by atoms with Crippen LogP contribution >= 0.6 is 0 Å². The first-order valence-electron chi connectivity index (χ1n) is 8.62. The van der Waals surface area contributed by atoms with E-state index < -0.39 is 17.9 Å². The first-order valence-corrected chi connectivity index (χ1v) is 8.62. The van der Waals surface area contributed by atoms with Gasteiger partial charge in [-0.05, 0) is 40.0 Å². The molecule has 128 valence electrons. The molecule has 0 unspecified atom stereocenters. The van der Waals surface area contributed by atoms with E-state index in [1.165, 1.54) is 30.6 Å². The zero-order valence-electron chi connectivity index (χ0n) is 14.1. The minimum Gasteiger partial charge on any atom is -0.444 e. The molecule has 1 aliphatic heterocycles. The van der Waals surface area contributed by atoms with E-state index in [0.29, 0.717) is 13.0 Å². The third kappa shape index (κ3) is 5.41. The summed E-state index contributed by atoms with van der Waals surface area (Å²) in [6.45, 7) is 6.04. The Labute approximate surface area is 133 Å². The van der Waals surface area contributed by atoms with Crippen LogP contribution in [0.3, 0.4) is 0 Å². The van der Waals surface area contributed by atoms with Gasteiger partial charge in [0.05, 0.1) is 18.8 Å². The Kier molecular flexibility index (Phi) is 6.07. The van der Waals surface area contributed by atoms with Crippen molar-refractivity contribution in [3.8, 4) is 0 Å². The Hall–Kier alpha value is -0.840. The molecule has 1 aliphatic carbocycles. The lowest BCUT2D eigenvalue weighted by molar-refractivity contribution is -0.0874. The van der Waals surface area contributed by atoms with Crippen LogP contribution in [-0.2, 0) is 9.47 Å². The van der Waals surface area contributed by atoms with Crippen LogP contribution in [0.1, 0.15) is 65.7 Å². The van der Waals surface area contributed by atoms with E-state index in [9.17, 15) is 9.18 Å². The molecule has 5 heteroatoms. The molecule has 0 bridgehead atoms. The molecule has 0 aromatic carbocycles. The number of nitrogens with zero attached hydrogens (tertiary/aromatic N) is 1. The largest absolute Gasteiger partial charge is 0.444 e. The van der Waals surface area contributed by atoms with Crippen LogP contribution in [0.4, 0.5) is 9.18 Å². The number of piperidine rings is 1. The van der Waals surface area contributed by atoms with E-state index in [-0.39, 0.29) is 18.8 Å². The van der Waals surface area contributed by atoms with E-state index in [0.717, 1.165) is 12.8 Å². The third-order valence-electron chi connectivity index (χ3n) is 4.30. The second-order valence-corrected chi connectivity index (χ2v) is 7.52. The van der Waals surface area contributed by atoms with Crippen molar-refractivity contribution in [2.45, 2.75) is 89.7 Å². The fourth-order valence-electron chi connectivity index (χ4n) is 3.15. The first-order chi connectivity index (χ1) is 10.3. The first kappa shape index (κ1) is 17.5. The Morgan fingerprint density at radius 1 is 1.09 bits per heavy atom. The maximum absolute atomic E-state index is 14.4. The quantitative estimate of drug-likeness (QED) is 0.721. The smallest absolute Gasteiger partial charge is 0.410 e. The van der Waals surface area contributed by atoms with Crippen molar-refractivity contribution < 1.29 is 18.7 Å². The monoisotopic (exact) mass is 315 g/mol. The summed E-state index contributed by atoms with van der Waals surface area (Å²) < 4.78 is 25.7. The van der Waals surface area contributed by atoms with Gasteiger partial charge in [0.1, 0.15) is 11.8 Å². The van der Waals surface area contributed by atoms with E-state index in [2.05, 4.69) is 0 Å². The second kappa shape index (κ2) is 7.62. The van der Waals surface area contributed by atoms with Crippen molar-refractivity contribution in [2.75, 3.05) is 13.1 Å². The van der Waals surface area contributed by atoms with Crippen molar-refractivity contribution >= 4 is 6.09 Å². The summed E-state index contributed by atoms with van der Waals surface area (Å²) in [4.78, 5) is 13.5. The Bertz CT molecular complexity index is 361. The fourth-order valence-corrected chi connectivity index (χ4v) is 3.15. The van der Waals surface area contributed by atoms with Crippen LogP contribution < -0.4 is 0 Å². The predicted octanol–water partition coefficient (Wildman–Crippen LogP) is 4.07. The summed E-state index contributed by atoms with van der Waals surface area (Å²) in [7, 11) is 0. The zero-order chi connectivity index (χ0) is 16.2. The van der Waals surface area contributed by atoms with Crippen LogP contribution in [0.2, 0.25) is 0 Å². The van der Waals surface area contributed by atoms with Crippen LogP contribution in [-0.4, -0.2) is 48.1 Å². The van der Waals surface area contributed by atoms with Gasteiger partial charge in [-0.15, -0.1) is 0 Å². The number of amides is 1. The highest BCUT2D eigenvalue weighted by Gasteiger charge is 2.35. The summed E-state index contributed by atoms with van der Waals surface area (Å²) in [6, 6.07) is 0. The predicted molar refractivity (Wildman–Crippen MR) is 83.7 cm³/mol. The zero-order valence-corrected chi connectivity index (χ0v) is 14.1. The molecule has 1 saturated heterocycles. The highest BCUT2D eigenvalue weighted by Crippen LogP contribution is 2.26. The van der Waals surface area contributed by atoms with Crippen LogP contribution in [0.25, 0.3) is 0 Å². The maximum atomic E-state index is 14.4. The van der Waals surface area contributed by atoms with Gasteiger partial charge >= 0.3 is 6.09 Å². The molecule has 0 aromatic heterocycles. The summed E-state index contributed by atoms with van der Waals surface area (Å²) >= 11 is 0. The number of ether oxygens (including phenoxy) is 2. The molecule has 1 heterocycles. The molecule has 2 atom stereocenters. The lowest BCUT2D eigenvalue weighted by Crippen LogP contribution is -2.50. The molecular formula is C17H30FNO3. The number of carbonyl (C=O) groups excluding carboxylic acids is 1. The average Bonchev–Trinajstić information content (AvgIpc) is 2.67. The molecule has 0 radical (unpaired) electrons. The minimum atomic E-state index is -1.12. The minimum absolute atomic E-state index is 0.0757. The Morgan fingerprint density at radius 2 is 1.73 bits per heavy atom. The molecule has 0 aromatic rings. The van der Waals surface area contributed by atoms with Crippen molar-refractivity contribution in [2.24, 2.45) is 0 Å². The molecule has 22 heavy (non-hydrogen) atoms. The standard InChI is InChI=1S/C17H30FNO3/c1-17(2,3)22-16(20)19-11-10-15(14(18)12-19)21-13-8-6-4-5-7-9-13/h13-15H,4-12H2,1-3H3/t14-,15+/m0/s1. The molecule has 4 nitrogen and oxygen atoms in total. The van der Waals surface area contributed by atoms with Gasteiger partial charge in [0.2, 0.25) is 0 Å². The van der Waals surface area contributed by atoms with Gasteiger partial charge in [-0.3, -0.25) is 0 Å². The Morgan fingerprint density at radius 3 is 2.27 bits per heavy atom. The van der Waals surface area contributed by atoms with Gasteiger partial charge in [-0.25, -0.2) is 9.18 Å².